The van der Waals surface area contributed by atoms with Crippen LogP contribution in [0, 0.1) is 11.6 Å². The Morgan fingerprint density at radius 2 is 1.68 bits per heavy atom. The van der Waals surface area contributed by atoms with Crippen molar-refractivity contribution in [2.75, 3.05) is 12.4 Å². The van der Waals surface area contributed by atoms with E-state index in [1.54, 1.807) is 7.11 Å². The number of rotatable bonds is 4. The summed E-state index contributed by atoms with van der Waals surface area (Å²) in [4.78, 5) is 0. The summed E-state index contributed by atoms with van der Waals surface area (Å²) in [5, 5.41) is 5.68. The van der Waals surface area contributed by atoms with Crippen LogP contribution in [0.15, 0.2) is 42.5 Å². The fraction of sp³-hybridized carbons (Fsp3) is 0.188. The van der Waals surface area contributed by atoms with Gasteiger partial charge >= 0.3 is 0 Å². The molecule has 0 aliphatic carbocycles. The summed E-state index contributed by atoms with van der Waals surface area (Å²) in [6.45, 7) is 1.90. The van der Waals surface area contributed by atoms with Gasteiger partial charge in [-0.2, -0.15) is 0 Å². The van der Waals surface area contributed by atoms with Gasteiger partial charge in [0.1, 0.15) is 23.1 Å². The van der Waals surface area contributed by atoms with E-state index in [-0.39, 0.29) is 16.8 Å². The number of hydrogen-bond acceptors (Lipinski definition) is 2. The van der Waals surface area contributed by atoms with Crippen LogP contribution in [0.1, 0.15) is 18.5 Å². The molecular formula is C16H16F2N2OS. The van der Waals surface area contributed by atoms with Crippen molar-refractivity contribution in [3.63, 3.8) is 0 Å². The Hall–Kier alpha value is -2.21. The van der Waals surface area contributed by atoms with Crippen molar-refractivity contribution in [1.29, 1.82) is 0 Å². The lowest BCUT2D eigenvalue weighted by molar-refractivity contribution is 0.414. The first-order chi connectivity index (χ1) is 10.5. The van der Waals surface area contributed by atoms with Gasteiger partial charge in [-0.3, -0.25) is 0 Å². The van der Waals surface area contributed by atoms with E-state index in [2.05, 4.69) is 10.6 Å². The maximum absolute atomic E-state index is 13.6. The molecule has 0 bridgehead atoms. The summed E-state index contributed by atoms with van der Waals surface area (Å²) >= 11 is 5.10. The van der Waals surface area contributed by atoms with Crippen LogP contribution >= 0.6 is 12.2 Å². The summed E-state index contributed by atoms with van der Waals surface area (Å²) in [5.74, 6) is -0.632. The average molecular weight is 322 g/mol. The predicted molar refractivity (Wildman–Crippen MR) is 87.1 cm³/mol. The minimum atomic E-state index is -0.693. The third-order valence-corrected chi connectivity index (χ3v) is 3.38. The van der Waals surface area contributed by atoms with Crippen molar-refractivity contribution in [1.82, 2.24) is 5.32 Å². The van der Waals surface area contributed by atoms with Gasteiger partial charge in [0.05, 0.1) is 13.2 Å². The zero-order valence-corrected chi connectivity index (χ0v) is 13.0. The van der Waals surface area contributed by atoms with Crippen LogP contribution in [0.5, 0.6) is 5.75 Å². The molecular weight excluding hydrogens is 306 g/mol. The Morgan fingerprint density at radius 3 is 2.23 bits per heavy atom. The Morgan fingerprint density at radius 1 is 1.09 bits per heavy atom. The van der Waals surface area contributed by atoms with Gasteiger partial charge < -0.3 is 15.4 Å². The molecule has 0 aliphatic heterocycles. The number of benzene rings is 2. The van der Waals surface area contributed by atoms with Gasteiger partial charge in [0.2, 0.25) is 0 Å². The van der Waals surface area contributed by atoms with Gasteiger partial charge in [-0.15, -0.1) is 0 Å². The summed E-state index contributed by atoms with van der Waals surface area (Å²) in [7, 11) is 1.60. The monoisotopic (exact) mass is 322 g/mol. The molecule has 0 spiro atoms. The molecule has 2 aromatic rings. The number of anilines is 1. The first kappa shape index (κ1) is 16.2. The van der Waals surface area contributed by atoms with Gasteiger partial charge in [-0.25, -0.2) is 8.78 Å². The smallest absolute Gasteiger partial charge is 0.171 e. The number of ether oxygens (including phenoxy) is 1. The van der Waals surface area contributed by atoms with Crippen LogP contribution in [0.3, 0.4) is 0 Å². The van der Waals surface area contributed by atoms with Crippen molar-refractivity contribution < 1.29 is 13.5 Å². The molecule has 0 aliphatic rings. The molecule has 0 saturated heterocycles. The second-order valence-corrected chi connectivity index (χ2v) is 5.10. The van der Waals surface area contributed by atoms with E-state index in [1.807, 2.05) is 31.2 Å². The largest absolute Gasteiger partial charge is 0.497 e. The van der Waals surface area contributed by atoms with E-state index in [0.29, 0.717) is 0 Å². The molecule has 22 heavy (non-hydrogen) atoms. The zero-order chi connectivity index (χ0) is 16.1. The number of nitrogens with one attached hydrogen (secondary N) is 2. The van der Waals surface area contributed by atoms with E-state index >= 15 is 0 Å². The molecule has 0 amide bonds. The maximum atomic E-state index is 13.6. The highest BCUT2D eigenvalue weighted by atomic mass is 32.1. The number of hydrogen-bond donors (Lipinski definition) is 2. The Labute approximate surface area is 133 Å². The van der Waals surface area contributed by atoms with E-state index < -0.39 is 11.6 Å². The third kappa shape index (κ3) is 3.92. The lowest BCUT2D eigenvalue weighted by Crippen LogP contribution is -2.31. The second kappa shape index (κ2) is 7.17. The summed E-state index contributed by atoms with van der Waals surface area (Å²) in [6, 6.07) is 11.0. The van der Waals surface area contributed by atoms with Crippen LogP contribution in [0.4, 0.5) is 14.5 Å². The number of halogens is 2. The Kier molecular flexibility index (Phi) is 5.27. The highest BCUT2D eigenvalue weighted by Gasteiger charge is 2.12. The normalized spacial score (nSPS) is 11.6. The topological polar surface area (TPSA) is 33.3 Å². The second-order valence-electron chi connectivity index (χ2n) is 4.69. The first-order valence-corrected chi connectivity index (χ1v) is 7.07. The standard InChI is InChI=1S/C16H16F2N2OS/c1-10(11-6-8-12(21-2)9-7-11)19-16(22)20-15-13(17)4-3-5-14(15)18/h3-10H,1-2H3,(H2,19,20,22)/t10-/m1/s1. The molecule has 0 fully saturated rings. The quantitative estimate of drug-likeness (QED) is 0.833. The molecule has 0 saturated carbocycles. The lowest BCUT2D eigenvalue weighted by Gasteiger charge is -2.18. The highest BCUT2D eigenvalue weighted by molar-refractivity contribution is 7.80. The van der Waals surface area contributed by atoms with Gasteiger partial charge in [-0.1, -0.05) is 18.2 Å². The lowest BCUT2D eigenvalue weighted by atomic mass is 10.1. The van der Waals surface area contributed by atoms with Crippen molar-refractivity contribution in [2.24, 2.45) is 0 Å². The number of para-hydroxylation sites is 1. The Balaban J connectivity index is 2.01. The van der Waals surface area contributed by atoms with Crippen molar-refractivity contribution >= 4 is 23.0 Å². The molecule has 0 radical (unpaired) electrons. The molecule has 6 heteroatoms. The van der Waals surface area contributed by atoms with Crippen LogP contribution in [0.2, 0.25) is 0 Å². The van der Waals surface area contributed by atoms with Crippen LogP contribution in [-0.4, -0.2) is 12.2 Å². The molecule has 2 rings (SSSR count). The van der Waals surface area contributed by atoms with E-state index in [4.69, 9.17) is 17.0 Å². The summed E-state index contributed by atoms with van der Waals surface area (Å²) < 4.78 is 32.2. The van der Waals surface area contributed by atoms with Gasteiger partial charge in [0.25, 0.3) is 0 Å². The minimum Gasteiger partial charge on any atom is -0.497 e. The van der Waals surface area contributed by atoms with Crippen molar-refractivity contribution in [2.45, 2.75) is 13.0 Å². The van der Waals surface area contributed by atoms with Gasteiger partial charge in [0, 0.05) is 0 Å². The molecule has 2 N–H and O–H groups in total. The summed E-state index contributed by atoms with van der Waals surface area (Å²) in [5.41, 5.74) is 0.709. The average Bonchev–Trinajstić information content (AvgIpc) is 2.51. The molecule has 0 unspecified atom stereocenters. The van der Waals surface area contributed by atoms with Crippen LogP contribution in [0.25, 0.3) is 0 Å². The van der Waals surface area contributed by atoms with Crippen LogP contribution in [-0.2, 0) is 0 Å². The molecule has 0 heterocycles. The minimum absolute atomic E-state index is 0.124. The first-order valence-electron chi connectivity index (χ1n) is 6.66. The van der Waals surface area contributed by atoms with Gasteiger partial charge in [0.15, 0.2) is 5.11 Å². The van der Waals surface area contributed by atoms with Crippen molar-refractivity contribution in [3.05, 3.63) is 59.7 Å². The third-order valence-electron chi connectivity index (χ3n) is 3.16. The van der Waals surface area contributed by atoms with E-state index in [9.17, 15) is 8.78 Å². The molecule has 3 nitrogen and oxygen atoms in total. The number of thiocarbonyl (C=S) groups is 1. The van der Waals surface area contributed by atoms with E-state index in [1.165, 1.54) is 18.2 Å². The molecule has 0 aromatic heterocycles. The van der Waals surface area contributed by atoms with Gasteiger partial charge in [-0.05, 0) is 49.0 Å². The molecule has 116 valence electrons. The molecule has 2 aromatic carbocycles. The maximum Gasteiger partial charge on any atom is 0.171 e. The Bertz CT molecular complexity index is 641. The van der Waals surface area contributed by atoms with E-state index in [0.717, 1.165) is 11.3 Å². The fourth-order valence-corrected chi connectivity index (χ4v) is 2.22. The van der Waals surface area contributed by atoms with Crippen LogP contribution < -0.4 is 15.4 Å². The van der Waals surface area contributed by atoms with Crippen molar-refractivity contribution in [3.8, 4) is 5.75 Å². The predicted octanol–water partition coefficient (Wildman–Crippen LogP) is 4.02. The zero-order valence-electron chi connectivity index (χ0n) is 12.2. The fourth-order valence-electron chi connectivity index (χ4n) is 1.94. The highest BCUT2D eigenvalue weighted by Crippen LogP contribution is 2.20. The molecule has 1 atom stereocenters. The number of methoxy groups -OCH3 is 1. The summed E-state index contributed by atoms with van der Waals surface area (Å²) in [6.07, 6.45) is 0. The SMILES string of the molecule is COc1ccc([C@@H](C)NC(=S)Nc2c(F)cccc2F)cc1.